The Labute approximate surface area is 129 Å². The van der Waals surface area contributed by atoms with E-state index in [0.717, 1.165) is 32.6 Å². The molecule has 0 atom stereocenters. The van der Waals surface area contributed by atoms with E-state index in [9.17, 15) is 9.18 Å². The number of carbonyl (C=O) groups is 1. The van der Waals surface area contributed by atoms with Gasteiger partial charge in [-0.15, -0.1) is 24.2 Å². The molecule has 3 nitrogen and oxygen atoms in total. The lowest BCUT2D eigenvalue weighted by Crippen LogP contribution is -2.34. The fourth-order valence-corrected chi connectivity index (χ4v) is 2.94. The molecule has 1 aromatic carbocycles. The summed E-state index contributed by atoms with van der Waals surface area (Å²) in [6, 6.07) is 6.69. The fourth-order valence-electron chi connectivity index (χ4n) is 2.06. The van der Waals surface area contributed by atoms with Crippen LogP contribution in [0, 0.1) is 5.82 Å². The Kier molecular flexibility index (Phi) is 7.95. The highest BCUT2D eigenvalue weighted by Gasteiger charge is 2.14. The van der Waals surface area contributed by atoms with Crippen LogP contribution in [0.1, 0.15) is 12.8 Å². The predicted octanol–water partition coefficient (Wildman–Crippen LogP) is 2.55. The Morgan fingerprint density at radius 1 is 1.30 bits per heavy atom. The molecule has 1 fully saturated rings. The van der Waals surface area contributed by atoms with Crippen molar-refractivity contribution in [2.45, 2.75) is 17.7 Å². The van der Waals surface area contributed by atoms with E-state index >= 15 is 0 Å². The molecule has 1 saturated heterocycles. The summed E-state index contributed by atoms with van der Waals surface area (Å²) in [5.74, 6) is 0.593. The van der Waals surface area contributed by atoms with E-state index in [1.165, 1.54) is 17.8 Å². The van der Waals surface area contributed by atoms with E-state index in [1.54, 1.807) is 12.1 Å². The minimum Gasteiger partial charge on any atom is -0.341 e. The molecule has 1 aromatic rings. The van der Waals surface area contributed by atoms with Crippen molar-refractivity contribution < 1.29 is 9.18 Å². The van der Waals surface area contributed by atoms with Gasteiger partial charge in [0.2, 0.25) is 5.91 Å². The molecule has 1 aliphatic rings. The molecule has 1 aliphatic heterocycles. The van der Waals surface area contributed by atoms with Crippen molar-refractivity contribution in [1.82, 2.24) is 10.2 Å². The van der Waals surface area contributed by atoms with Crippen molar-refractivity contribution in [3.8, 4) is 0 Å². The number of benzene rings is 1. The third kappa shape index (κ3) is 5.31. The summed E-state index contributed by atoms with van der Waals surface area (Å²) in [7, 11) is 0. The van der Waals surface area contributed by atoms with E-state index < -0.39 is 0 Å². The van der Waals surface area contributed by atoms with Gasteiger partial charge < -0.3 is 10.2 Å². The van der Waals surface area contributed by atoms with Crippen molar-refractivity contribution in [2.24, 2.45) is 0 Å². The molecule has 0 bridgehead atoms. The standard InChI is InChI=1S/C14H19FN2OS.ClH/c15-12-4-1-2-5-13(12)19-11-6-14(18)17-9-3-7-16-8-10-17;/h1-2,4-5,16H,3,6-11H2;1H. The van der Waals surface area contributed by atoms with Gasteiger partial charge in [-0.1, -0.05) is 12.1 Å². The lowest BCUT2D eigenvalue weighted by Gasteiger charge is -2.19. The van der Waals surface area contributed by atoms with Gasteiger partial charge >= 0.3 is 0 Å². The van der Waals surface area contributed by atoms with Crippen LogP contribution in [0.3, 0.4) is 0 Å². The summed E-state index contributed by atoms with van der Waals surface area (Å²) >= 11 is 1.41. The quantitative estimate of drug-likeness (QED) is 0.866. The minimum absolute atomic E-state index is 0. The SMILES string of the molecule is Cl.O=C(CCSc1ccccc1F)N1CCCNCC1. The maximum absolute atomic E-state index is 13.4. The molecular formula is C14H20ClFN2OS. The molecular weight excluding hydrogens is 299 g/mol. The zero-order chi connectivity index (χ0) is 13.5. The van der Waals surface area contributed by atoms with Crippen molar-refractivity contribution in [3.63, 3.8) is 0 Å². The summed E-state index contributed by atoms with van der Waals surface area (Å²) < 4.78 is 13.4. The van der Waals surface area contributed by atoms with Crippen molar-refractivity contribution >= 4 is 30.1 Å². The Bertz CT molecular complexity index is 425. The summed E-state index contributed by atoms with van der Waals surface area (Å²) in [6.07, 6.45) is 1.48. The van der Waals surface area contributed by atoms with E-state index in [-0.39, 0.29) is 24.1 Å². The zero-order valence-electron chi connectivity index (χ0n) is 11.3. The molecule has 0 saturated carbocycles. The molecule has 20 heavy (non-hydrogen) atoms. The van der Waals surface area contributed by atoms with Crippen LogP contribution in [-0.4, -0.2) is 42.7 Å². The van der Waals surface area contributed by atoms with Crippen LogP contribution in [0.25, 0.3) is 0 Å². The van der Waals surface area contributed by atoms with Gasteiger partial charge in [-0.25, -0.2) is 4.39 Å². The van der Waals surface area contributed by atoms with E-state index in [4.69, 9.17) is 0 Å². The Hall–Kier alpha value is -0.780. The number of nitrogens with zero attached hydrogens (tertiary/aromatic N) is 1. The van der Waals surface area contributed by atoms with Crippen molar-refractivity contribution in [1.29, 1.82) is 0 Å². The smallest absolute Gasteiger partial charge is 0.223 e. The number of thioether (sulfide) groups is 1. The van der Waals surface area contributed by atoms with Gasteiger partial charge in [0.05, 0.1) is 0 Å². The first-order valence-electron chi connectivity index (χ1n) is 6.63. The van der Waals surface area contributed by atoms with Crippen LogP contribution in [-0.2, 0) is 4.79 Å². The van der Waals surface area contributed by atoms with Gasteiger partial charge in [0.25, 0.3) is 0 Å². The summed E-state index contributed by atoms with van der Waals surface area (Å²) in [6.45, 7) is 3.46. The molecule has 1 N–H and O–H groups in total. The molecule has 0 unspecified atom stereocenters. The van der Waals surface area contributed by atoms with E-state index in [2.05, 4.69) is 5.32 Å². The number of amides is 1. The fraction of sp³-hybridized carbons (Fsp3) is 0.500. The molecule has 2 rings (SSSR count). The molecule has 0 aliphatic carbocycles. The van der Waals surface area contributed by atoms with E-state index in [1.807, 2.05) is 11.0 Å². The maximum Gasteiger partial charge on any atom is 0.223 e. The molecule has 1 heterocycles. The third-order valence-corrected chi connectivity index (χ3v) is 4.15. The molecule has 0 spiro atoms. The van der Waals surface area contributed by atoms with Crippen LogP contribution in [0.5, 0.6) is 0 Å². The molecule has 0 radical (unpaired) electrons. The monoisotopic (exact) mass is 318 g/mol. The van der Waals surface area contributed by atoms with Gasteiger partial charge in [0.15, 0.2) is 0 Å². The van der Waals surface area contributed by atoms with Crippen molar-refractivity contribution in [3.05, 3.63) is 30.1 Å². The Morgan fingerprint density at radius 2 is 2.10 bits per heavy atom. The van der Waals surface area contributed by atoms with Crippen LogP contribution in [0.15, 0.2) is 29.2 Å². The highest BCUT2D eigenvalue weighted by molar-refractivity contribution is 7.99. The second-order valence-electron chi connectivity index (χ2n) is 4.51. The van der Waals surface area contributed by atoms with Gasteiger partial charge in [0.1, 0.15) is 5.82 Å². The number of hydrogen-bond acceptors (Lipinski definition) is 3. The van der Waals surface area contributed by atoms with Crippen LogP contribution in [0.2, 0.25) is 0 Å². The minimum atomic E-state index is -0.209. The van der Waals surface area contributed by atoms with Gasteiger partial charge in [-0.2, -0.15) is 0 Å². The number of carbonyl (C=O) groups excluding carboxylic acids is 1. The molecule has 1 amide bonds. The first kappa shape index (κ1) is 17.3. The maximum atomic E-state index is 13.4. The van der Waals surface area contributed by atoms with Crippen LogP contribution in [0.4, 0.5) is 4.39 Å². The largest absolute Gasteiger partial charge is 0.341 e. The number of halogens is 2. The normalized spacial score (nSPS) is 15.3. The van der Waals surface area contributed by atoms with Crippen LogP contribution < -0.4 is 5.32 Å². The predicted molar refractivity (Wildman–Crippen MR) is 83.1 cm³/mol. The second-order valence-corrected chi connectivity index (χ2v) is 5.65. The first-order valence-corrected chi connectivity index (χ1v) is 7.62. The number of nitrogens with one attached hydrogen (secondary N) is 1. The topological polar surface area (TPSA) is 32.3 Å². The van der Waals surface area contributed by atoms with Crippen molar-refractivity contribution in [2.75, 3.05) is 31.9 Å². The highest BCUT2D eigenvalue weighted by Crippen LogP contribution is 2.22. The first-order chi connectivity index (χ1) is 9.27. The Morgan fingerprint density at radius 3 is 2.90 bits per heavy atom. The molecule has 6 heteroatoms. The lowest BCUT2D eigenvalue weighted by atomic mass is 10.3. The zero-order valence-corrected chi connectivity index (χ0v) is 12.9. The van der Waals surface area contributed by atoms with Gasteiger partial charge in [-0.05, 0) is 25.1 Å². The lowest BCUT2D eigenvalue weighted by molar-refractivity contribution is -0.130. The van der Waals surface area contributed by atoms with Crippen LogP contribution >= 0.6 is 24.2 Å². The Balaban J connectivity index is 0.00000200. The van der Waals surface area contributed by atoms with Gasteiger partial charge in [0, 0.05) is 36.7 Å². The molecule has 0 aromatic heterocycles. The summed E-state index contributed by atoms with van der Waals surface area (Å²) in [4.78, 5) is 14.5. The highest BCUT2D eigenvalue weighted by atomic mass is 35.5. The summed E-state index contributed by atoms with van der Waals surface area (Å²) in [5, 5.41) is 3.27. The third-order valence-electron chi connectivity index (χ3n) is 3.10. The van der Waals surface area contributed by atoms with Gasteiger partial charge in [-0.3, -0.25) is 4.79 Å². The number of hydrogen-bond donors (Lipinski definition) is 1. The average Bonchev–Trinajstić information content (AvgIpc) is 2.70. The average molecular weight is 319 g/mol. The molecule has 112 valence electrons. The number of rotatable bonds is 4. The van der Waals surface area contributed by atoms with E-state index in [0.29, 0.717) is 17.1 Å². The second kappa shape index (κ2) is 9.21. The summed E-state index contributed by atoms with van der Waals surface area (Å²) in [5.41, 5.74) is 0.